The molecule has 0 spiro atoms. The van der Waals surface area contributed by atoms with E-state index in [9.17, 15) is 4.79 Å². The zero-order valence-corrected chi connectivity index (χ0v) is 11.9. The molecule has 19 heavy (non-hydrogen) atoms. The molecule has 1 aromatic carbocycles. The minimum Gasteiger partial charge on any atom is -0.350 e. The fraction of sp³-hybridized carbons (Fsp3) is 0.286. The van der Waals surface area contributed by atoms with E-state index < -0.39 is 0 Å². The van der Waals surface area contributed by atoms with Crippen molar-refractivity contribution in [3.05, 3.63) is 40.5 Å². The number of aromatic amines is 1. The van der Waals surface area contributed by atoms with Crippen LogP contribution in [0.1, 0.15) is 23.3 Å². The SMILES string of the molecule is O=C(NCC1CC1)c1cc(-c2ccc(Br)cc2)n[nH]1. The van der Waals surface area contributed by atoms with Crippen LogP contribution in [-0.2, 0) is 0 Å². The standard InChI is InChI=1S/C14H14BrN3O/c15-11-5-3-10(4-6-11)12-7-13(18-17-12)14(19)16-8-9-1-2-9/h3-7,9H,1-2,8H2,(H,16,19)(H,17,18). The summed E-state index contributed by atoms with van der Waals surface area (Å²) in [4.78, 5) is 11.9. The molecule has 0 atom stereocenters. The van der Waals surface area contributed by atoms with Crippen molar-refractivity contribution in [2.45, 2.75) is 12.8 Å². The third kappa shape index (κ3) is 3.04. The van der Waals surface area contributed by atoms with E-state index in [4.69, 9.17) is 0 Å². The quantitative estimate of drug-likeness (QED) is 0.910. The van der Waals surface area contributed by atoms with Gasteiger partial charge in [0, 0.05) is 16.6 Å². The first-order valence-electron chi connectivity index (χ1n) is 6.32. The second-order valence-corrected chi connectivity index (χ2v) is 5.74. The number of benzene rings is 1. The van der Waals surface area contributed by atoms with Crippen LogP contribution < -0.4 is 5.32 Å². The van der Waals surface area contributed by atoms with Crippen molar-refractivity contribution in [3.8, 4) is 11.3 Å². The Labute approximate surface area is 119 Å². The minimum absolute atomic E-state index is 0.0808. The first kappa shape index (κ1) is 12.4. The molecule has 2 aromatic rings. The van der Waals surface area contributed by atoms with Crippen LogP contribution >= 0.6 is 15.9 Å². The highest BCUT2D eigenvalue weighted by molar-refractivity contribution is 9.10. The molecule has 0 aliphatic heterocycles. The molecule has 4 nitrogen and oxygen atoms in total. The molecule has 98 valence electrons. The third-order valence-electron chi connectivity index (χ3n) is 3.21. The molecule has 0 unspecified atom stereocenters. The van der Waals surface area contributed by atoms with Crippen molar-refractivity contribution >= 4 is 21.8 Å². The van der Waals surface area contributed by atoms with Crippen LogP contribution in [0.2, 0.25) is 0 Å². The number of halogens is 1. The number of amides is 1. The number of hydrogen-bond donors (Lipinski definition) is 2. The van der Waals surface area contributed by atoms with E-state index in [1.165, 1.54) is 12.8 Å². The van der Waals surface area contributed by atoms with Gasteiger partial charge in [-0.3, -0.25) is 9.89 Å². The zero-order valence-electron chi connectivity index (χ0n) is 10.3. The van der Waals surface area contributed by atoms with Crippen molar-refractivity contribution in [2.75, 3.05) is 6.54 Å². The summed E-state index contributed by atoms with van der Waals surface area (Å²) in [5, 5.41) is 9.88. The molecular formula is C14H14BrN3O. The first-order chi connectivity index (χ1) is 9.22. The number of nitrogens with one attached hydrogen (secondary N) is 2. The van der Waals surface area contributed by atoms with Crippen LogP contribution in [0.25, 0.3) is 11.3 Å². The second kappa shape index (κ2) is 5.17. The average Bonchev–Trinajstić information content (AvgIpc) is 3.12. The molecule has 5 heteroatoms. The van der Waals surface area contributed by atoms with Crippen LogP contribution in [0.15, 0.2) is 34.8 Å². The Kier molecular flexibility index (Phi) is 3.38. The maximum Gasteiger partial charge on any atom is 0.269 e. The lowest BCUT2D eigenvalue weighted by Crippen LogP contribution is -2.25. The Morgan fingerprint density at radius 2 is 2.11 bits per heavy atom. The molecule has 1 heterocycles. The minimum atomic E-state index is -0.0808. The maximum atomic E-state index is 11.9. The number of carbonyl (C=O) groups excluding carboxylic acids is 1. The van der Waals surface area contributed by atoms with E-state index in [0.717, 1.165) is 22.3 Å². The lowest BCUT2D eigenvalue weighted by atomic mass is 10.1. The number of rotatable bonds is 4. The largest absolute Gasteiger partial charge is 0.350 e. The van der Waals surface area contributed by atoms with Crippen LogP contribution in [0, 0.1) is 5.92 Å². The highest BCUT2D eigenvalue weighted by atomic mass is 79.9. The summed E-state index contributed by atoms with van der Waals surface area (Å²) in [5.74, 6) is 0.598. The van der Waals surface area contributed by atoms with Gasteiger partial charge in [-0.05, 0) is 37.0 Å². The number of hydrogen-bond acceptors (Lipinski definition) is 2. The monoisotopic (exact) mass is 319 g/mol. The van der Waals surface area contributed by atoms with E-state index in [2.05, 4.69) is 31.4 Å². The lowest BCUT2D eigenvalue weighted by molar-refractivity contribution is 0.0947. The summed E-state index contributed by atoms with van der Waals surface area (Å²) in [5.41, 5.74) is 2.28. The lowest BCUT2D eigenvalue weighted by Gasteiger charge is -2.00. The fourth-order valence-corrected chi connectivity index (χ4v) is 2.13. The fourth-order valence-electron chi connectivity index (χ4n) is 1.86. The summed E-state index contributed by atoms with van der Waals surface area (Å²) in [6, 6.07) is 9.62. The van der Waals surface area contributed by atoms with Gasteiger partial charge in [-0.1, -0.05) is 28.1 Å². The van der Waals surface area contributed by atoms with Crippen molar-refractivity contribution in [1.29, 1.82) is 0 Å². The number of nitrogens with zero attached hydrogens (tertiary/aromatic N) is 1. The second-order valence-electron chi connectivity index (χ2n) is 4.83. The molecule has 0 bridgehead atoms. The van der Waals surface area contributed by atoms with Crippen LogP contribution in [-0.4, -0.2) is 22.6 Å². The van der Waals surface area contributed by atoms with Gasteiger partial charge in [-0.2, -0.15) is 5.10 Å². The van der Waals surface area contributed by atoms with Crippen LogP contribution in [0.4, 0.5) is 0 Å². The Bertz CT molecular complexity index is 587. The molecule has 1 amide bonds. The molecule has 2 N–H and O–H groups in total. The van der Waals surface area contributed by atoms with E-state index in [1.54, 1.807) is 6.07 Å². The zero-order chi connectivity index (χ0) is 13.2. The van der Waals surface area contributed by atoms with Crippen molar-refractivity contribution in [1.82, 2.24) is 15.5 Å². The summed E-state index contributed by atoms with van der Waals surface area (Å²) < 4.78 is 1.02. The number of aromatic nitrogens is 2. The molecule has 1 saturated carbocycles. The van der Waals surface area contributed by atoms with Gasteiger partial charge in [-0.15, -0.1) is 0 Å². The van der Waals surface area contributed by atoms with Gasteiger partial charge in [-0.25, -0.2) is 0 Å². The topological polar surface area (TPSA) is 57.8 Å². The van der Waals surface area contributed by atoms with Gasteiger partial charge in [0.15, 0.2) is 0 Å². The highest BCUT2D eigenvalue weighted by Gasteiger charge is 2.22. The normalized spacial score (nSPS) is 14.4. The molecule has 0 radical (unpaired) electrons. The number of carbonyl (C=O) groups is 1. The summed E-state index contributed by atoms with van der Waals surface area (Å²) in [6.07, 6.45) is 2.46. The summed E-state index contributed by atoms with van der Waals surface area (Å²) >= 11 is 3.39. The molecule has 1 aliphatic carbocycles. The van der Waals surface area contributed by atoms with E-state index in [-0.39, 0.29) is 5.91 Å². The number of H-pyrrole nitrogens is 1. The molecule has 1 aromatic heterocycles. The van der Waals surface area contributed by atoms with Crippen LogP contribution in [0.5, 0.6) is 0 Å². The average molecular weight is 320 g/mol. The van der Waals surface area contributed by atoms with Crippen LogP contribution in [0.3, 0.4) is 0 Å². The Morgan fingerprint density at radius 1 is 1.37 bits per heavy atom. The first-order valence-corrected chi connectivity index (χ1v) is 7.11. The van der Waals surface area contributed by atoms with Gasteiger partial charge < -0.3 is 5.32 Å². The smallest absolute Gasteiger partial charge is 0.269 e. The molecule has 1 aliphatic rings. The van der Waals surface area contributed by atoms with Crippen molar-refractivity contribution < 1.29 is 4.79 Å². The third-order valence-corrected chi connectivity index (χ3v) is 3.74. The van der Waals surface area contributed by atoms with Gasteiger partial charge in [0.1, 0.15) is 5.69 Å². The van der Waals surface area contributed by atoms with E-state index >= 15 is 0 Å². The summed E-state index contributed by atoms with van der Waals surface area (Å²) in [6.45, 7) is 0.769. The van der Waals surface area contributed by atoms with Crippen molar-refractivity contribution in [3.63, 3.8) is 0 Å². The Balaban J connectivity index is 1.71. The highest BCUT2D eigenvalue weighted by Crippen LogP contribution is 2.27. The van der Waals surface area contributed by atoms with Gasteiger partial charge in [0.25, 0.3) is 5.91 Å². The van der Waals surface area contributed by atoms with E-state index in [1.807, 2.05) is 24.3 Å². The van der Waals surface area contributed by atoms with Crippen molar-refractivity contribution in [2.24, 2.45) is 5.92 Å². The van der Waals surface area contributed by atoms with Gasteiger partial charge >= 0.3 is 0 Å². The van der Waals surface area contributed by atoms with Gasteiger partial charge in [0.2, 0.25) is 0 Å². The Morgan fingerprint density at radius 3 is 2.79 bits per heavy atom. The molecule has 3 rings (SSSR count). The molecule has 0 saturated heterocycles. The van der Waals surface area contributed by atoms with E-state index in [0.29, 0.717) is 11.6 Å². The predicted molar refractivity (Wildman–Crippen MR) is 76.8 cm³/mol. The summed E-state index contributed by atoms with van der Waals surface area (Å²) in [7, 11) is 0. The Hall–Kier alpha value is -1.62. The molecular weight excluding hydrogens is 306 g/mol. The van der Waals surface area contributed by atoms with Gasteiger partial charge in [0.05, 0.1) is 5.69 Å². The maximum absolute atomic E-state index is 11.9. The predicted octanol–water partition coefficient (Wildman–Crippen LogP) is 2.98. The molecule has 1 fully saturated rings.